The number of carbonyl (C=O) groups is 3. The molecule has 0 aliphatic rings. The first kappa shape index (κ1) is 19.2. The lowest BCUT2D eigenvalue weighted by Crippen LogP contribution is -2.21. The van der Waals surface area contributed by atoms with Crippen molar-refractivity contribution in [3.63, 3.8) is 0 Å². The van der Waals surface area contributed by atoms with Gasteiger partial charge in [-0.25, -0.2) is 0 Å². The summed E-state index contributed by atoms with van der Waals surface area (Å²) in [6.45, 7) is 2.99. The quantitative estimate of drug-likeness (QED) is 0.639. The SMILES string of the molecule is CC(=O)Nc1ccc(NC(=O)COC(=O)Cc2coc3cc(C)ccc23)cc1. The zero-order valence-electron chi connectivity index (χ0n) is 15.6. The fourth-order valence-electron chi connectivity index (χ4n) is 2.72. The number of carbonyl (C=O) groups excluding carboxylic acids is 3. The van der Waals surface area contributed by atoms with Gasteiger partial charge in [-0.1, -0.05) is 12.1 Å². The van der Waals surface area contributed by atoms with Crippen molar-refractivity contribution < 1.29 is 23.5 Å². The summed E-state index contributed by atoms with van der Waals surface area (Å²) >= 11 is 0. The predicted octanol–water partition coefficient (Wildman–Crippen LogP) is 3.42. The number of furan rings is 1. The van der Waals surface area contributed by atoms with Crippen LogP contribution in [0.5, 0.6) is 0 Å². The van der Waals surface area contributed by atoms with Crippen LogP contribution in [-0.4, -0.2) is 24.4 Å². The lowest BCUT2D eigenvalue weighted by molar-refractivity contribution is -0.146. The summed E-state index contributed by atoms with van der Waals surface area (Å²) in [4.78, 5) is 35.0. The van der Waals surface area contributed by atoms with Crippen molar-refractivity contribution in [3.8, 4) is 0 Å². The highest BCUT2D eigenvalue weighted by atomic mass is 16.5. The molecule has 0 radical (unpaired) electrons. The highest BCUT2D eigenvalue weighted by Crippen LogP contribution is 2.23. The van der Waals surface area contributed by atoms with Gasteiger partial charge in [0.05, 0.1) is 12.7 Å². The van der Waals surface area contributed by atoms with E-state index in [0.29, 0.717) is 22.5 Å². The standard InChI is InChI=1S/C21H20N2O5/c1-13-3-8-18-15(11-27-19(18)9-13)10-21(26)28-12-20(25)23-17-6-4-16(5-7-17)22-14(2)24/h3-9,11H,10,12H2,1-2H3,(H,22,24)(H,23,25). The van der Waals surface area contributed by atoms with Crippen LogP contribution in [0.15, 0.2) is 53.1 Å². The monoisotopic (exact) mass is 380 g/mol. The van der Waals surface area contributed by atoms with Gasteiger partial charge in [0, 0.05) is 29.2 Å². The fraction of sp³-hybridized carbons (Fsp3) is 0.190. The zero-order valence-corrected chi connectivity index (χ0v) is 15.6. The molecule has 0 bridgehead atoms. The molecule has 0 saturated heterocycles. The molecular weight excluding hydrogens is 360 g/mol. The third-order valence-electron chi connectivity index (χ3n) is 4.00. The van der Waals surface area contributed by atoms with Gasteiger partial charge in [0.2, 0.25) is 5.91 Å². The number of fused-ring (bicyclic) bond motifs is 1. The summed E-state index contributed by atoms with van der Waals surface area (Å²) in [5, 5.41) is 6.11. The van der Waals surface area contributed by atoms with E-state index in [1.165, 1.54) is 13.2 Å². The Morgan fingerprint density at radius 2 is 1.68 bits per heavy atom. The van der Waals surface area contributed by atoms with E-state index < -0.39 is 11.9 Å². The van der Waals surface area contributed by atoms with Gasteiger partial charge in [-0.3, -0.25) is 14.4 Å². The van der Waals surface area contributed by atoms with E-state index in [4.69, 9.17) is 9.15 Å². The largest absolute Gasteiger partial charge is 0.464 e. The molecule has 1 aromatic heterocycles. The molecule has 144 valence electrons. The minimum atomic E-state index is -0.514. The van der Waals surface area contributed by atoms with Crippen molar-refractivity contribution in [1.29, 1.82) is 0 Å². The van der Waals surface area contributed by atoms with Gasteiger partial charge in [-0.05, 0) is 42.8 Å². The number of ether oxygens (including phenoxy) is 1. The molecule has 28 heavy (non-hydrogen) atoms. The van der Waals surface area contributed by atoms with E-state index in [1.54, 1.807) is 24.3 Å². The smallest absolute Gasteiger partial charge is 0.310 e. The van der Waals surface area contributed by atoms with E-state index >= 15 is 0 Å². The molecule has 3 aromatic rings. The fourth-order valence-corrected chi connectivity index (χ4v) is 2.72. The molecule has 0 aliphatic carbocycles. The first-order chi connectivity index (χ1) is 13.4. The number of hydrogen-bond donors (Lipinski definition) is 2. The molecule has 2 N–H and O–H groups in total. The van der Waals surface area contributed by atoms with E-state index in [-0.39, 0.29) is 18.9 Å². The molecule has 3 rings (SSSR count). The van der Waals surface area contributed by atoms with Gasteiger partial charge >= 0.3 is 5.97 Å². The first-order valence-electron chi connectivity index (χ1n) is 8.70. The Labute approximate surface area is 161 Å². The van der Waals surface area contributed by atoms with Gasteiger partial charge in [-0.15, -0.1) is 0 Å². The number of rotatable bonds is 6. The van der Waals surface area contributed by atoms with E-state index in [0.717, 1.165) is 10.9 Å². The summed E-state index contributed by atoms with van der Waals surface area (Å²) in [6, 6.07) is 12.3. The second-order valence-corrected chi connectivity index (χ2v) is 6.40. The molecule has 0 unspecified atom stereocenters. The van der Waals surface area contributed by atoms with Crippen molar-refractivity contribution in [2.45, 2.75) is 20.3 Å². The Kier molecular flexibility index (Phi) is 5.74. The number of hydrogen-bond acceptors (Lipinski definition) is 5. The van der Waals surface area contributed by atoms with Gasteiger partial charge in [0.1, 0.15) is 5.58 Å². The molecule has 0 aliphatic heterocycles. The predicted molar refractivity (Wildman–Crippen MR) is 105 cm³/mol. The highest BCUT2D eigenvalue weighted by Gasteiger charge is 2.13. The van der Waals surface area contributed by atoms with Crippen LogP contribution >= 0.6 is 0 Å². The normalized spacial score (nSPS) is 10.5. The third kappa shape index (κ3) is 4.97. The van der Waals surface area contributed by atoms with Crippen LogP contribution in [0.25, 0.3) is 11.0 Å². The van der Waals surface area contributed by atoms with Crippen LogP contribution in [0.2, 0.25) is 0 Å². The summed E-state index contributed by atoms with van der Waals surface area (Å²) in [5.41, 5.74) is 3.65. The van der Waals surface area contributed by atoms with Gasteiger partial charge in [0.15, 0.2) is 6.61 Å². The summed E-state index contributed by atoms with van der Waals surface area (Å²) in [6.07, 6.45) is 1.55. The maximum atomic E-state index is 12.0. The van der Waals surface area contributed by atoms with Crippen LogP contribution in [0.1, 0.15) is 18.1 Å². The van der Waals surface area contributed by atoms with Crippen LogP contribution < -0.4 is 10.6 Å². The zero-order chi connectivity index (χ0) is 20.1. The van der Waals surface area contributed by atoms with Gasteiger partial charge < -0.3 is 19.8 Å². The van der Waals surface area contributed by atoms with Crippen LogP contribution in [0, 0.1) is 6.92 Å². The first-order valence-corrected chi connectivity index (χ1v) is 8.70. The van der Waals surface area contributed by atoms with E-state index in [9.17, 15) is 14.4 Å². The maximum absolute atomic E-state index is 12.0. The van der Waals surface area contributed by atoms with Crippen molar-refractivity contribution in [2.75, 3.05) is 17.2 Å². The summed E-state index contributed by atoms with van der Waals surface area (Å²) < 4.78 is 10.5. The van der Waals surface area contributed by atoms with Crippen LogP contribution in [-0.2, 0) is 25.5 Å². The molecule has 2 amide bonds. The van der Waals surface area contributed by atoms with Crippen molar-refractivity contribution >= 4 is 40.1 Å². The second-order valence-electron chi connectivity index (χ2n) is 6.40. The van der Waals surface area contributed by atoms with Crippen molar-refractivity contribution in [3.05, 3.63) is 59.9 Å². The highest BCUT2D eigenvalue weighted by molar-refractivity contribution is 5.94. The number of esters is 1. The molecule has 0 fully saturated rings. The number of nitrogens with one attached hydrogen (secondary N) is 2. The van der Waals surface area contributed by atoms with Crippen LogP contribution in [0.4, 0.5) is 11.4 Å². The third-order valence-corrected chi connectivity index (χ3v) is 4.00. The Morgan fingerprint density at radius 3 is 2.36 bits per heavy atom. The molecule has 0 spiro atoms. The Balaban J connectivity index is 1.49. The lowest BCUT2D eigenvalue weighted by Gasteiger charge is -2.07. The molecule has 7 heteroatoms. The van der Waals surface area contributed by atoms with Crippen LogP contribution in [0.3, 0.4) is 0 Å². The average molecular weight is 380 g/mol. The summed E-state index contributed by atoms with van der Waals surface area (Å²) in [7, 11) is 0. The summed E-state index contributed by atoms with van der Waals surface area (Å²) in [5.74, 6) is -1.14. The number of benzene rings is 2. The number of amides is 2. The van der Waals surface area contributed by atoms with Crippen molar-refractivity contribution in [1.82, 2.24) is 0 Å². The topological polar surface area (TPSA) is 97.6 Å². The number of aryl methyl sites for hydroxylation is 1. The molecule has 7 nitrogen and oxygen atoms in total. The Morgan fingerprint density at radius 1 is 1.00 bits per heavy atom. The molecule has 0 atom stereocenters. The second kappa shape index (κ2) is 8.39. The minimum Gasteiger partial charge on any atom is -0.464 e. The van der Waals surface area contributed by atoms with E-state index in [2.05, 4.69) is 10.6 Å². The van der Waals surface area contributed by atoms with Gasteiger partial charge in [-0.2, -0.15) is 0 Å². The van der Waals surface area contributed by atoms with Gasteiger partial charge in [0.25, 0.3) is 5.91 Å². The minimum absolute atomic E-state index is 0.0226. The maximum Gasteiger partial charge on any atom is 0.310 e. The molecule has 0 saturated carbocycles. The lowest BCUT2D eigenvalue weighted by atomic mass is 10.1. The van der Waals surface area contributed by atoms with E-state index in [1.807, 2.05) is 25.1 Å². The van der Waals surface area contributed by atoms with Crippen molar-refractivity contribution in [2.24, 2.45) is 0 Å². The molecule has 2 aromatic carbocycles. The number of anilines is 2. The Bertz CT molecular complexity index is 1020. The average Bonchev–Trinajstić information content (AvgIpc) is 3.03. The molecule has 1 heterocycles. The Hall–Kier alpha value is -3.61. The molecular formula is C21H20N2O5.